The van der Waals surface area contributed by atoms with E-state index in [1.807, 2.05) is 42.8 Å². The van der Waals surface area contributed by atoms with Crippen molar-refractivity contribution >= 4 is 11.7 Å². The fraction of sp³-hybridized carbons (Fsp3) is 0.474. The number of aromatic nitrogens is 2. The van der Waals surface area contributed by atoms with Gasteiger partial charge in [0.25, 0.3) is 0 Å². The largest absolute Gasteiger partial charge is 0.311 e. The molecule has 1 aliphatic rings. The van der Waals surface area contributed by atoms with E-state index in [0.717, 1.165) is 29.9 Å². The average molecular weight is 311 g/mol. The number of aryl methyl sites for hydroxylation is 2. The molecule has 1 fully saturated rings. The van der Waals surface area contributed by atoms with Gasteiger partial charge >= 0.3 is 0 Å². The third kappa shape index (κ3) is 4.01. The van der Waals surface area contributed by atoms with Crippen molar-refractivity contribution in [3.8, 4) is 0 Å². The van der Waals surface area contributed by atoms with Crippen LogP contribution in [0.4, 0.5) is 5.82 Å². The first-order chi connectivity index (χ1) is 11.1. The van der Waals surface area contributed by atoms with E-state index in [0.29, 0.717) is 12.5 Å². The molecule has 1 amide bonds. The number of anilines is 1. The molecule has 1 N–H and O–H groups in total. The summed E-state index contributed by atoms with van der Waals surface area (Å²) < 4.78 is 2.03. The predicted molar refractivity (Wildman–Crippen MR) is 92.6 cm³/mol. The Morgan fingerprint density at radius 3 is 2.74 bits per heavy atom. The first kappa shape index (κ1) is 15.8. The van der Waals surface area contributed by atoms with Gasteiger partial charge in [-0.05, 0) is 32.3 Å². The maximum absolute atomic E-state index is 12.4. The van der Waals surface area contributed by atoms with Gasteiger partial charge in [-0.3, -0.25) is 4.79 Å². The smallest absolute Gasteiger partial charge is 0.229 e. The minimum Gasteiger partial charge on any atom is -0.311 e. The molecule has 0 bridgehead atoms. The summed E-state index contributed by atoms with van der Waals surface area (Å²) in [6.07, 6.45) is 6.52. The van der Waals surface area contributed by atoms with Gasteiger partial charge in [-0.1, -0.05) is 49.1 Å². The topological polar surface area (TPSA) is 46.9 Å². The van der Waals surface area contributed by atoms with E-state index in [-0.39, 0.29) is 5.91 Å². The van der Waals surface area contributed by atoms with Crippen LogP contribution in [0.2, 0.25) is 0 Å². The van der Waals surface area contributed by atoms with Crippen LogP contribution in [-0.2, 0) is 11.2 Å². The summed E-state index contributed by atoms with van der Waals surface area (Å²) in [5.74, 6) is 0.861. The second-order valence-corrected chi connectivity index (χ2v) is 6.62. The Morgan fingerprint density at radius 1 is 1.22 bits per heavy atom. The lowest BCUT2D eigenvalue weighted by Gasteiger charge is -2.24. The number of carbonyl (C=O) groups excluding carboxylic acids is 1. The summed E-state index contributed by atoms with van der Waals surface area (Å²) in [5.41, 5.74) is 3.18. The highest BCUT2D eigenvalue weighted by molar-refractivity contribution is 5.91. The number of hydrogen-bond acceptors (Lipinski definition) is 2. The Morgan fingerprint density at radius 2 is 2.00 bits per heavy atom. The van der Waals surface area contributed by atoms with Gasteiger partial charge in [-0.15, -0.1) is 0 Å². The Labute approximate surface area is 137 Å². The van der Waals surface area contributed by atoms with Gasteiger partial charge in [-0.2, -0.15) is 5.10 Å². The number of nitrogens with zero attached hydrogens (tertiary/aromatic N) is 2. The van der Waals surface area contributed by atoms with E-state index in [9.17, 15) is 4.79 Å². The van der Waals surface area contributed by atoms with Crippen LogP contribution in [0.1, 0.15) is 55.0 Å². The van der Waals surface area contributed by atoms with Crippen LogP contribution in [0.3, 0.4) is 0 Å². The molecule has 0 aliphatic heterocycles. The monoisotopic (exact) mass is 311 g/mol. The molecule has 0 atom stereocenters. The zero-order chi connectivity index (χ0) is 16.2. The zero-order valence-corrected chi connectivity index (χ0v) is 14.0. The van der Waals surface area contributed by atoms with E-state index in [2.05, 4.69) is 16.5 Å². The van der Waals surface area contributed by atoms with Crippen molar-refractivity contribution in [3.63, 3.8) is 0 Å². The minimum absolute atomic E-state index is 0.0209. The standard InChI is InChI=1S/C19H25N3O/c1-14-7-6-8-16(11-14)13-19(23)20-18-12-15(2)21-22(18)17-9-4-3-5-10-17/h6-8,11-12,17H,3-5,9-10,13H2,1-2H3,(H,20,23). The maximum Gasteiger partial charge on any atom is 0.229 e. The van der Waals surface area contributed by atoms with Gasteiger partial charge in [0.15, 0.2) is 0 Å². The Hall–Kier alpha value is -2.10. The molecule has 0 radical (unpaired) electrons. The number of nitrogens with one attached hydrogen (secondary N) is 1. The summed E-state index contributed by atoms with van der Waals surface area (Å²) >= 11 is 0. The van der Waals surface area contributed by atoms with Crippen molar-refractivity contribution in [2.45, 2.75) is 58.4 Å². The average Bonchev–Trinajstić information content (AvgIpc) is 2.88. The number of benzene rings is 1. The molecule has 3 rings (SSSR count). The lowest BCUT2D eigenvalue weighted by Crippen LogP contribution is -2.21. The molecule has 4 nitrogen and oxygen atoms in total. The highest BCUT2D eigenvalue weighted by atomic mass is 16.1. The second-order valence-electron chi connectivity index (χ2n) is 6.62. The molecule has 0 unspecified atom stereocenters. The SMILES string of the molecule is Cc1cccc(CC(=O)Nc2cc(C)nn2C2CCCCC2)c1. The Balaban J connectivity index is 1.70. The number of carbonyl (C=O) groups is 1. The van der Waals surface area contributed by atoms with E-state index < -0.39 is 0 Å². The van der Waals surface area contributed by atoms with E-state index in [1.54, 1.807) is 0 Å². The van der Waals surface area contributed by atoms with Gasteiger partial charge in [0.1, 0.15) is 5.82 Å². The van der Waals surface area contributed by atoms with Crippen molar-refractivity contribution in [2.75, 3.05) is 5.32 Å². The van der Waals surface area contributed by atoms with Crippen LogP contribution in [0, 0.1) is 13.8 Å². The summed E-state index contributed by atoms with van der Waals surface area (Å²) in [7, 11) is 0. The third-order valence-electron chi connectivity index (χ3n) is 4.49. The van der Waals surface area contributed by atoms with Crippen LogP contribution in [0.15, 0.2) is 30.3 Å². The lowest BCUT2D eigenvalue weighted by molar-refractivity contribution is -0.115. The molecule has 23 heavy (non-hydrogen) atoms. The molecule has 1 aromatic carbocycles. The van der Waals surface area contributed by atoms with Crippen LogP contribution in [0.5, 0.6) is 0 Å². The lowest BCUT2D eigenvalue weighted by atomic mass is 9.96. The van der Waals surface area contributed by atoms with E-state index >= 15 is 0 Å². The van der Waals surface area contributed by atoms with Gasteiger partial charge in [0.2, 0.25) is 5.91 Å². The van der Waals surface area contributed by atoms with Gasteiger partial charge < -0.3 is 5.32 Å². The van der Waals surface area contributed by atoms with Gasteiger partial charge in [0, 0.05) is 6.07 Å². The van der Waals surface area contributed by atoms with Crippen LogP contribution in [0.25, 0.3) is 0 Å². The quantitative estimate of drug-likeness (QED) is 0.920. The number of amides is 1. The normalized spacial score (nSPS) is 15.6. The third-order valence-corrected chi connectivity index (χ3v) is 4.49. The van der Waals surface area contributed by atoms with E-state index in [1.165, 1.54) is 24.8 Å². The molecule has 1 saturated carbocycles. The van der Waals surface area contributed by atoms with Gasteiger partial charge in [0.05, 0.1) is 18.2 Å². The van der Waals surface area contributed by atoms with Crippen molar-refractivity contribution in [1.82, 2.24) is 9.78 Å². The predicted octanol–water partition coefficient (Wildman–Crippen LogP) is 4.19. The number of hydrogen-bond donors (Lipinski definition) is 1. The first-order valence-electron chi connectivity index (χ1n) is 8.53. The fourth-order valence-corrected chi connectivity index (χ4v) is 3.41. The van der Waals surface area contributed by atoms with Crippen LogP contribution >= 0.6 is 0 Å². The molecule has 1 aliphatic carbocycles. The maximum atomic E-state index is 12.4. The Bertz CT molecular complexity index is 684. The molecule has 1 heterocycles. The van der Waals surface area contributed by atoms with Crippen molar-refractivity contribution in [2.24, 2.45) is 0 Å². The van der Waals surface area contributed by atoms with E-state index in [4.69, 9.17) is 0 Å². The molecular formula is C19H25N3O. The fourth-order valence-electron chi connectivity index (χ4n) is 3.41. The first-order valence-corrected chi connectivity index (χ1v) is 8.53. The summed E-state index contributed by atoms with van der Waals surface area (Å²) in [5, 5.41) is 7.67. The molecule has 0 spiro atoms. The van der Waals surface area contributed by atoms with Crippen LogP contribution in [-0.4, -0.2) is 15.7 Å². The van der Waals surface area contributed by atoms with Crippen molar-refractivity contribution in [3.05, 3.63) is 47.2 Å². The van der Waals surface area contributed by atoms with Crippen molar-refractivity contribution in [1.29, 1.82) is 0 Å². The number of rotatable bonds is 4. The Kier molecular flexibility index (Phi) is 4.79. The van der Waals surface area contributed by atoms with Gasteiger partial charge in [-0.25, -0.2) is 4.68 Å². The summed E-state index contributed by atoms with van der Waals surface area (Å²) in [6.45, 7) is 4.03. The highest BCUT2D eigenvalue weighted by Crippen LogP contribution is 2.30. The minimum atomic E-state index is 0.0209. The summed E-state index contributed by atoms with van der Waals surface area (Å²) in [6, 6.07) is 10.5. The summed E-state index contributed by atoms with van der Waals surface area (Å²) in [4.78, 5) is 12.4. The second kappa shape index (κ2) is 6.99. The molecule has 122 valence electrons. The zero-order valence-electron chi connectivity index (χ0n) is 14.0. The highest BCUT2D eigenvalue weighted by Gasteiger charge is 2.20. The van der Waals surface area contributed by atoms with Crippen LogP contribution < -0.4 is 5.32 Å². The molecule has 0 saturated heterocycles. The molecule has 4 heteroatoms. The molecular weight excluding hydrogens is 286 g/mol. The molecule has 2 aromatic rings. The molecule has 1 aromatic heterocycles. The van der Waals surface area contributed by atoms with Crippen molar-refractivity contribution < 1.29 is 4.79 Å².